The summed E-state index contributed by atoms with van der Waals surface area (Å²) in [7, 11) is 0. The second kappa shape index (κ2) is 3.27. The first-order valence-electron chi connectivity index (χ1n) is 1.11. The van der Waals surface area contributed by atoms with Gasteiger partial charge in [-0.05, 0) is 0 Å². The SMILES string of the molecule is N#[C][Zn]([Br])[Br]. The second-order valence-electron chi connectivity index (χ2n) is 0.526. The van der Waals surface area contributed by atoms with Crippen molar-refractivity contribution in [2.24, 2.45) is 0 Å². The average molecular weight is 251 g/mol. The van der Waals surface area contributed by atoms with Crippen molar-refractivity contribution in [3.8, 4) is 4.66 Å². The number of nitrogens with zero attached hydrogens (tertiary/aromatic N) is 1. The van der Waals surface area contributed by atoms with Gasteiger partial charge in [0.2, 0.25) is 0 Å². The van der Waals surface area contributed by atoms with Crippen LogP contribution in [0.4, 0.5) is 0 Å². The van der Waals surface area contributed by atoms with E-state index in [-0.39, 0.29) is 0 Å². The molecule has 0 radical (unpaired) electrons. The standard InChI is InChI=1S/CN.2BrH.Zn/c1-2;;;/h;2*1H;/q;;;+2/p-2. The van der Waals surface area contributed by atoms with Gasteiger partial charge < -0.3 is 0 Å². The summed E-state index contributed by atoms with van der Waals surface area (Å²) in [5, 5.41) is 7.89. The molecule has 5 heavy (non-hydrogen) atoms. The number of hydrogen-bond acceptors (Lipinski definition) is 1. The van der Waals surface area contributed by atoms with Crippen LogP contribution in [-0.4, -0.2) is 0 Å². The van der Waals surface area contributed by atoms with Gasteiger partial charge in [-0.15, -0.1) is 0 Å². The van der Waals surface area contributed by atoms with Gasteiger partial charge >= 0.3 is 49.2 Å². The van der Waals surface area contributed by atoms with Gasteiger partial charge in [0.05, 0.1) is 0 Å². The van der Waals surface area contributed by atoms with Gasteiger partial charge in [0, 0.05) is 0 Å². The third-order valence-corrected chi connectivity index (χ3v) is 3.23. The zero-order valence-electron chi connectivity index (χ0n) is 2.41. The zero-order chi connectivity index (χ0) is 4.28. The van der Waals surface area contributed by atoms with Gasteiger partial charge in [-0.3, -0.25) is 0 Å². The molecule has 0 saturated carbocycles. The fourth-order valence-corrected chi connectivity index (χ4v) is 0. The maximum atomic E-state index is 7.89. The van der Waals surface area contributed by atoms with Gasteiger partial charge in [-0.2, -0.15) is 0 Å². The molecule has 25 valence electrons. The Morgan fingerprint density at radius 3 is 1.80 bits per heavy atom. The van der Waals surface area contributed by atoms with Crippen LogP contribution in [0.25, 0.3) is 0 Å². The van der Waals surface area contributed by atoms with Crippen molar-refractivity contribution in [3.05, 3.63) is 0 Å². The molecule has 0 atom stereocenters. The first kappa shape index (κ1) is 6.07. The molecule has 0 saturated heterocycles. The normalized spacial score (nSPS) is 5.80. The molecule has 0 aliphatic carbocycles. The summed E-state index contributed by atoms with van der Waals surface area (Å²) in [4.78, 5) is 0. The van der Waals surface area contributed by atoms with E-state index in [1.165, 1.54) is 0 Å². The molecule has 0 fully saturated rings. The predicted octanol–water partition coefficient (Wildman–Crippen LogP) is 1.71. The third kappa shape index (κ3) is 5.07. The van der Waals surface area contributed by atoms with Crippen LogP contribution >= 0.6 is 27.2 Å². The summed E-state index contributed by atoms with van der Waals surface area (Å²) < 4.78 is 2.07. The number of halogens is 2. The van der Waals surface area contributed by atoms with Gasteiger partial charge in [0.25, 0.3) is 0 Å². The van der Waals surface area contributed by atoms with Crippen molar-refractivity contribution in [3.63, 3.8) is 0 Å². The summed E-state index contributed by atoms with van der Waals surface area (Å²) in [5.41, 5.74) is 0. The van der Waals surface area contributed by atoms with Crippen LogP contribution in [0.2, 0.25) is 0 Å². The molecule has 0 rings (SSSR count). The summed E-state index contributed by atoms with van der Waals surface area (Å²) in [6, 6.07) is 0. The van der Waals surface area contributed by atoms with Crippen LogP contribution in [0.3, 0.4) is 0 Å². The average Bonchev–Trinajstić information content (AvgIpc) is 1.38. The monoisotopic (exact) mass is 248 g/mol. The Kier molecular flexibility index (Phi) is 3.97. The van der Waals surface area contributed by atoms with Crippen molar-refractivity contribution in [1.82, 2.24) is 0 Å². The third-order valence-electron chi connectivity index (χ3n) is 0.120. The summed E-state index contributed by atoms with van der Waals surface area (Å²) in [6.07, 6.45) is 0. The fourth-order valence-electron chi connectivity index (χ4n) is 0. The Hall–Kier alpha value is 1.07. The Balaban J connectivity index is 2.94. The molecule has 0 aliphatic heterocycles. The van der Waals surface area contributed by atoms with Gasteiger partial charge in [-0.1, -0.05) is 0 Å². The molecule has 0 N–H and O–H groups in total. The maximum absolute atomic E-state index is 7.89. The van der Waals surface area contributed by atoms with Crippen LogP contribution in [0.15, 0.2) is 0 Å². The number of rotatable bonds is 0. The van der Waals surface area contributed by atoms with Crippen LogP contribution in [-0.2, 0) is 12.0 Å². The quantitative estimate of drug-likeness (QED) is 0.601. The Labute approximate surface area is 49.0 Å². The summed E-state index contributed by atoms with van der Waals surface area (Å²) in [6.45, 7) is 0. The van der Waals surface area contributed by atoms with Crippen LogP contribution < -0.4 is 0 Å². The fraction of sp³-hybridized carbons (Fsp3) is 0. The molecular formula is CBr2NZn. The molecule has 0 unspecified atom stereocenters. The molecule has 1 nitrogen and oxygen atoms in total. The Bertz CT molecular complexity index is 55.2. The second-order valence-corrected chi connectivity index (χ2v) is 22.2. The zero-order valence-corrected chi connectivity index (χ0v) is 8.55. The van der Waals surface area contributed by atoms with E-state index in [4.69, 9.17) is 5.26 Å². The topological polar surface area (TPSA) is 23.8 Å². The van der Waals surface area contributed by atoms with E-state index in [2.05, 4.69) is 31.9 Å². The van der Waals surface area contributed by atoms with E-state index < -0.39 is 12.0 Å². The number of hydrogen-bond donors (Lipinski definition) is 0. The van der Waals surface area contributed by atoms with E-state index in [9.17, 15) is 0 Å². The first-order chi connectivity index (χ1) is 2.27. The van der Waals surface area contributed by atoms with E-state index in [1.54, 1.807) is 0 Å². The molecule has 0 spiro atoms. The molecular weight excluding hydrogens is 251 g/mol. The molecule has 0 heterocycles. The Morgan fingerprint density at radius 1 is 1.60 bits per heavy atom. The predicted molar refractivity (Wildman–Crippen MR) is 23.5 cm³/mol. The van der Waals surface area contributed by atoms with Gasteiger partial charge in [0.1, 0.15) is 0 Å². The van der Waals surface area contributed by atoms with E-state index in [1.807, 2.05) is 0 Å². The van der Waals surface area contributed by atoms with Gasteiger partial charge in [0.15, 0.2) is 0 Å². The van der Waals surface area contributed by atoms with E-state index in [0.717, 1.165) is 0 Å². The van der Waals surface area contributed by atoms with Crippen LogP contribution in [0.1, 0.15) is 0 Å². The first-order valence-corrected chi connectivity index (χ1v) is 16.5. The molecule has 0 aromatic heterocycles. The van der Waals surface area contributed by atoms with Crippen molar-refractivity contribution >= 4 is 27.2 Å². The Morgan fingerprint density at radius 2 is 1.80 bits per heavy atom. The van der Waals surface area contributed by atoms with E-state index in [0.29, 0.717) is 0 Å². The molecule has 0 aromatic rings. The van der Waals surface area contributed by atoms with Crippen LogP contribution in [0, 0.1) is 9.93 Å². The van der Waals surface area contributed by atoms with Crippen LogP contribution in [0.5, 0.6) is 0 Å². The van der Waals surface area contributed by atoms with E-state index >= 15 is 0 Å². The van der Waals surface area contributed by atoms with Crippen molar-refractivity contribution in [1.29, 1.82) is 5.26 Å². The number of nitriles is 1. The molecule has 0 amide bonds. The molecule has 0 bridgehead atoms. The van der Waals surface area contributed by atoms with Crippen molar-refractivity contribution in [2.75, 3.05) is 0 Å². The minimum absolute atomic E-state index is 1.74. The van der Waals surface area contributed by atoms with Crippen molar-refractivity contribution < 1.29 is 12.0 Å². The van der Waals surface area contributed by atoms with Gasteiger partial charge in [-0.25, -0.2) is 0 Å². The molecule has 0 aliphatic rings. The summed E-state index contributed by atoms with van der Waals surface area (Å²) >= 11 is 4.54. The molecule has 4 heteroatoms. The van der Waals surface area contributed by atoms with Crippen molar-refractivity contribution in [2.45, 2.75) is 0 Å². The minimum atomic E-state index is -1.74. The molecule has 0 aromatic carbocycles. The summed E-state index contributed by atoms with van der Waals surface area (Å²) in [5.74, 6) is 0.